The summed E-state index contributed by atoms with van der Waals surface area (Å²) in [6.07, 6.45) is 3.43. The molecule has 0 spiro atoms. The van der Waals surface area contributed by atoms with Crippen LogP contribution in [-0.2, 0) is 16.6 Å². The zero-order valence-electron chi connectivity index (χ0n) is 14.7. The summed E-state index contributed by atoms with van der Waals surface area (Å²) in [5, 5.41) is 0. The Bertz CT molecular complexity index is 993. The van der Waals surface area contributed by atoms with Gasteiger partial charge >= 0.3 is 0 Å². The van der Waals surface area contributed by atoms with E-state index in [2.05, 4.69) is 9.71 Å². The van der Waals surface area contributed by atoms with E-state index in [9.17, 15) is 12.8 Å². The lowest BCUT2D eigenvalue weighted by Crippen LogP contribution is -2.27. The lowest BCUT2D eigenvalue weighted by Gasteiger charge is -2.15. The van der Waals surface area contributed by atoms with E-state index >= 15 is 0 Å². The number of sulfonamides is 1. The van der Waals surface area contributed by atoms with Crippen LogP contribution in [-0.4, -0.2) is 13.4 Å². The van der Waals surface area contributed by atoms with Crippen LogP contribution < -0.4 is 9.46 Å². The van der Waals surface area contributed by atoms with Gasteiger partial charge in [0.2, 0.25) is 10.0 Å². The first kappa shape index (κ1) is 19.0. The summed E-state index contributed by atoms with van der Waals surface area (Å²) in [5.41, 5.74) is 1.69. The van der Waals surface area contributed by atoms with Crippen molar-refractivity contribution < 1.29 is 17.5 Å². The summed E-state index contributed by atoms with van der Waals surface area (Å²) < 4.78 is 46.7. The van der Waals surface area contributed by atoms with Crippen molar-refractivity contribution in [1.82, 2.24) is 9.71 Å². The molecule has 3 aromatic rings. The Morgan fingerprint density at radius 3 is 2.48 bits per heavy atom. The summed E-state index contributed by atoms with van der Waals surface area (Å²) in [4.78, 5) is 3.66. The minimum absolute atomic E-state index is 0.367. The lowest BCUT2D eigenvalue weighted by atomic mass is 10.1. The van der Waals surface area contributed by atoms with Crippen LogP contribution in [0.1, 0.15) is 24.1 Å². The van der Waals surface area contributed by atoms with Crippen molar-refractivity contribution in [3.63, 3.8) is 0 Å². The first-order valence-corrected chi connectivity index (χ1v) is 9.82. The largest absolute Gasteiger partial charge is 0.489 e. The number of aromatic nitrogens is 1. The monoisotopic (exact) mass is 386 g/mol. The number of rotatable bonds is 7. The van der Waals surface area contributed by atoms with Crippen molar-refractivity contribution in [3.05, 3.63) is 90.0 Å². The van der Waals surface area contributed by atoms with Gasteiger partial charge in [-0.3, -0.25) is 4.98 Å². The van der Waals surface area contributed by atoms with E-state index in [4.69, 9.17) is 4.74 Å². The molecule has 3 rings (SSSR count). The Morgan fingerprint density at radius 1 is 1.07 bits per heavy atom. The highest BCUT2D eigenvalue weighted by Crippen LogP contribution is 2.21. The molecular weight excluding hydrogens is 367 g/mol. The van der Waals surface area contributed by atoms with Gasteiger partial charge in [0, 0.05) is 24.0 Å². The molecular formula is C20H19FN2O3S. The number of nitrogens with zero attached hydrogens (tertiary/aromatic N) is 1. The van der Waals surface area contributed by atoms with Crippen LogP contribution in [0.15, 0.2) is 78.0 Å². The van der Waals surface area contributed by atoms with Crippen molar-refractivity contribution >= 4 is 10.0 Å². The van der Waals surface area contributed by atoms with Gasteiger partial charge in [0.05, 0.1) is 0 Å². The van der Waals surface area contributed by atoms with Gasteiger partial charge in [-0.1, -0.05) is 30.3 Å². The summed E-state index contributed by atoms with van der Waals surface area (Å²) >= 11 is 0. The Labute approximate surface area is 157 Å². The van der Waals surface area contributed by atoms with Gasteiger partial charge in [-0.2, -0.15) is 0 Å². The predicted molar refractivity (Wildman–Crippen MR) is 100 cm³/mol. The standard InChI is InChI=1S/C20H19FN2O3S/c1-15(23-27(24,25)20-7-3-2-6-19(20)21)17-8-10-18(11-9-17)26-14-16-5-4-12-22-13-16/h2-13,15,23H,14H2,1H3. The molecule has 140 valence electrons. The SMILES string of the molecule is CC(NS(=O)(=O)c1ccccc1F)c1ccc(OCc2cccnc2)cc1. The van der Waals surface area contributed by atoms with Gasteiger partial charge in [-0.25, -0.2) is 17.5 Å². The van der Waals surface area contributed by atoms with Crippen LogP contribution in [0.25, 0.3) is 0 Å². The molecule has 0 amide bonds. The van der Waals surface area contributed by atoms with Crippen molar-refractivity contribution in [3.8, 4) is 5.75 Å². The molecule has 0 aliphatic heterocycles. The summed E-state index contributed by atoms with van der Waals surface area (Å²) in [6.45, 7) is 2.09. The Hall–Kier alpha value is -2.77. The highest BCUT2D eigenvalue weighted by atomic mass is 32.2. The van der Waals surface area contributed by atoms with Crippen LogP contribution in [0.3, 0.4) is 0 Å². The van der Waals surface area contributed by atoms with Crippen LogP contribution in [0, 0.1) is 5.82 Å². The number of nitrogens with one attached hydrogen (secondary N) is 1. The van der Waals surface area contributed by atoms with Crippen molar-refractivity contribution in [1.29, 1.82) is 0 Å². The van der Waals surface area contributed by atoms with Crippen LogP contribution in [0.5, 0.6) is 5.75 Å². The highest BCUT2D eigenvalue weighted by Gasteiger charge is 2.21. The fourth-order valence-corrected chi connectivity index (χ4v) is 3.84. The number of hydrogen-bond acceptors (Lipinski definition) is 4. The van der Waals surface area contributed by atoms with E-state index in [-0.39, 0.29) is 4.90 Å². The second-order valence-electron chi connectivity index (χ2n) is 5.99. The van der Waals surface area contributed by atoms with Crippen molar-refractivity contribution in [2.24, 2.45) is 0 Å². The van der Waals surface area contributed by atoms with E-state index in [1.807, 2.05) is 12.1 Å². The van der Waals surface area contributed by atoms with E-state index in [0.717, 1.165) is 17.2 Å². The average Bonchev–Trinajstić information content (AvgIpc) is 2.67. The maximum atomic E-state index is 13.8. The van der Waals surface area contributed by atoms with Gasteiger partial charge in [0.15, 0.2) is 0 Å². The fraction of sp³-hybridized carbons (Fsp3) is 0.150. The maximum absolute atomic E-state index is 13.8. The molecule has 1 heterocycles. The normalized spacial score (nSPS) is 12.5. The Morgan fingerprint density at radius 2 is 1.81 bits per heavy atom. The molecule has 1 N–H and O–H groups in total. The number of ether oxygens (including phenoxy) is 1. The third-order valence-corrected chi connectivity index (χ3v) is 5.54. The van der Waals surface area contributed by atoms with E-state index in [1.165, 1.54) is 18.2 Å². The first-order valence-electron chi connectivity index (χ1n) is 8.34. The van der Waals surface area contributed by atoms with E-state index in [0.29, 0.717) is 12.4 Å². The second kappa shape index (κ2) is 8.28. The minimum Gasteiger partial charge on any atom is -0.489 e. The molecule has 0 radical (unpaired) electrons. The van der Waals surface area contributed by atoms with Crippen molar-refractivity contribution in [2.75, 3.05) is 0 Å². The summed E-state index contributed by atoms with van der Waals surface area (Å²) in [6, 6.07) is 15.6. The zero-order valence-corrected chi connectivity index (χ0v) is 15.5. The lowest BCUT2D eigenvalue weighted by molar-refractivity contribution is 0.305. The quantitative estimate of drug-likeness (QED) is 0.670. The molecule has 0 bridgehead atoms. The van der Waals surface area contributed by atoms with Gasteiger partial charge in [0.25, 0.3) is 0 Å². The van der Waals surface area contributed by atoms with Crippen molar-refractivity contribution in [2.45, 2.75) is 24.5 Å². The van der Waals surface area contributed by atoms with Crippen LogP contribution >= 0.6 is 0 Å². The van der Waals surface area contributed by atoms with E-state index in [1.54, 1.807) is 43.6 Å². The molecule has 0 aliphatic carbocycles. The van der Waals surface area contributed by atoms with E-state index < -0.39 is 21.9 Å². The average molecular weight is 386 g/mol. The van der Waals surface area contributed by atoms with Gasteiger partial charge in [-0.15, -0.1) is 0 Å². The number of pyridine rings is 1. The number of benzene rings is 2. The molecule has 0 saturated carbocycles. The molecule has 1 unspecified atom stereocenters. The Balaban J connectivity index is 1.65. The molecule has 5 nitrogen and oxygen atoms in total. The predicted octanol–water partition coefficient (Wildman–Crippen LogP) is 3.84. The topological polar surface area (TPSA) is 68.3 Å². The first-order chi connectivity index (χ1) is 13.0. The molecule has 0 fully saturated rings. The fourth-order valence-electron chi connectivity index (χ4n) is 2.53. The smallest absolute Gasteiger partial charge is 0.244 e. The third kappa shape index (κ3) is 4.90. The molecule has 27 heavy (non-hydrogen) atoms. The molecule has 1 aromatic heterocycles. The van der Waals surface area contributed by atoms with Crippen LogP contribution in [0.4, 0.5) is 4.39 Å². The molecule has 0 saturated heterocycles. The molecule has 0 aliphatic rings. The van der Waals surface area contributed by atoms with Gasteiger partial charge in [0.1, 0.15) is 23.1 Å². The molecule has 2 aromatic carbocycles. The maximum Gasteiger partial charge on any atom is 0.244 e. The highest BCUT2D eigenvalue weighted by molar-refractivity contribution is 7.89. The van der Waals surface area contributed by atoms with Gasteiger partial charge in [-0.05, 0) is 42.8 Å². The zero-order chi connectivity index (χ0) is 19.3. The second-order valence-corrected chi connectivity index (χ2v) is 7.67. The number of hydrogen-bond donors (Lipinski definition) is 1. The number of halogens is 1. The third-order valence-electron chi connectivity index (χ3n) is 3.97. The summed E-state index contributed by atoms with van der Waals surface area (Å²) in [5.74, 6) is -0.122. The summed E-state index contributed by atoms with van der Waals surface area (Å²) in [7, 11) is -3.96. The molecule has 7 heteroatoms. The van der Waals surface area contributed by atoms with Crippen LogP contribution in [0.2, 0.25) is 0 Å². The van der Waals surface area contributed by atoms with Gasteiger partial charge < -0.3 is 4.74 Å². The molecule has 1 atom stereocenters. The minimum atomic E-state index is -3.96. The Kier molecular flexibility index (Phi) is 5.83.